The summed E-state index contributed by atoms with van der Waals surface area (Å²) in [5.74, 6) is 0.442. The van der Waals surface area contributed by atoms with Crippen LogP contribution in [0.2, 0.25) is 0 Å². The van der Waals surface area contributed by atoms with Crippen LogP contribution in [0.4, 0.5) is 5.69 Å². The van der Waals surface area contributed by atoms with Gasteiger partial charge in [-0.2, -0.15) is 5.26 Å². The Morgan fingerprint density at radius 3 is 2.81 bits per heavy atom. The molecule has 1 aromatic carbocycles. The number of methoxy groups -OCH3 is 2. The monoisotopic (exact) mass is 355 g/mol. The topological polar surface area (TPSA) is 96.8 Å². The van der Waals surface area contributed by atoms with Gasteiger partial charge in [-0.15, -0.1) is 0 Å². The molecule has 0 aliphatic heterocycles. The minimum absolute atomic E-state index is 0.00712. The molecule has 7 nitrogen and oxygen atoms in total. The van der Waals surface area contributed by atoms with Crippen molar-refractivity contribution in [3.05, 3.63) is 51.3 Å². The highest BCUT2D eigenvalue weighted by Gasteiger charge is 2.17. The van der Waals surface area contributed by atoms with Crippen LogP contribution < -0.4 is 10.3 Å². The first-order valence-electron chi connectivity index (χ1n) is 8.07. The molecule has 0 spiro atoms. The van der Waals surface area contributed by atoms with Crippen molar-refractivity contribution in [1.29, 1.82) is 5.26 Å². The molecule has 26 heavy (non-hydrogen) atoms. The Labute approximate surface area is 151 Å². The maximum absolute atomic E-state index is 12.4. The minimum atomic E-state index is -0.517. The van der Waals surface area contributed by atoms with E-state index in [1.165, 1.54) is 10.8 Å². The summed E-state index contributed by atoms with van der Waals surface area (Å²) in [5, 5.41) is 19.9. The average Bonchev–Trinajstić information content (AvgIpc) is 2.65. The molecule has 1 N–H and O–H groups in total. The lowest BCUT2D eigenvalue weighted by molar-refractivity contribution is 0.188. The van der Waals surface area contributed by atoms with Crippen LogP contribution in [0.15, 0.2) is 34.1 Å². The fraction of sp³-hybridized carbons (Fsp3) is 0.316. The van der Waals surface area contributed by atoms with E-state index in [1.807, 2.05) is 6.07 Å². The van der Waals surface area contributed by atoms with E-state index in [-0.39, 0.29) is 18.0 Å². The second-order valence-electron chi connectivity index (χ2n) is 5.61. The van der Waals surface area contributed by atoms with E-state index in [4.69, 9.17) is 9.47 Å². The number of nitriles is 1. The molecule has 0 aliphatic rings. The van der Waals surface area contributed by atoms with Crippen LogP contribution in [-0.4, -0.2) is 36.7 Å². The Morgan fingerprint density at radius 1 is 1.38 bits per heavy atom. The lowest BCUT2D eigenvalue weighted by atomic mass is 10.1. The summed E-state index contributed by atoms with van der Waals surface area (Å²) in [6, 6.07) is 9.04. The lowest BCUT2D eigenvalue weighted by Gasteiger charge is -2.13. The number of rotatable bonds is 7. The van der Waals surface area contributed by atoms with Gasteiger partial charge in [0.05, 0.1) is 18.4 Å². The van der Waals surface area contributed by atoms with E-state index in [0.29, 0.717) is 35.6 Å². The van der Waals surface area contributed by atoms with Crippen LogP contribution in [-0.2, 0) is 11.3 Å². The smallest absolute Gasteiger partial charge is 0.271 e. The molecule has 0 amide bonds. The van der Waals surface area contributed by atoms with Crippen molar-refractivity contribution < 1.29 is 14.6 Å². The zero-order chi connectivity index (χ0) is 19.1. The molecule has 7 heteroatoms. The van der Waals surface area contributed by atoms with Gasteiger partial charge in [0.15, 0.2) is 0 Å². The summed E-state index contributed by atoms with van der Waals surface area (Å²) in [5.41, 5.74) is 0.828. The van der Waals surface area contributed by atoms with E-state index in [2.05, 4.69) is 4.99 Å². The van der Waals surface area contributed by atoms with Crippen molar-refractivity contribution >= 4 is 11.9 Å². The van der Waals surface area contributed by atoms with Crippen LogP contribution in [0.1, 0.15) is 23.1 Å². The number of ether oxygens (including phenoxy) is 2. The van der Waals surface area contributed by atoms with Gasteiger partial charge in [0, 0.05) is 32.5 Å². The van der Waals surface area contributed by atoms with Crippen LogP contribution >= 0.6 is 0 Å². The molecule has 0 aliphatic carbocycles. The Hall–Kier alpha value is -3.11. The third-order valence-electron chi connectivity index (χ3n) is 3.97. The van der Waals surface area contributed by atoms with Crippen molar-refractivity contribution in [2.45, 2.75) is 19.9 Å². The number of aromatic hydroxyl groups is 1. The average molecular weight is 355 g/mol. The zero-order valence-electron chi connectivity index (χ0n) is 15.0. The highest BCUT2D eigenvalue weighted by molar-refractivity contribution is 5.87. The Balaban J connectivity index is 2.49. The third-order valence-corrected chi connectivity index (χ3v) is 3.97. The minimum Gasteiger partial charge on any atom is -0.497 e. The Morgan fingerprint density at radius 2 is 2.15 bits per heavy atom. The van der Waals surface area contributed by atoms with Crippen molar-refractivity contribution in [1.82, 2.24) is 4.57 Å². The van der Waals surface area contributed by atoms with E-state index in [0.717, 1.165) is 0 Å². The molecule has 0 saturated heterocycles. The van der Waals surface area contributed by atoms with E-state index in [1.54, 1.807) is 45.4 Å². The van der Waals surface area contributed by atoms with Gasteiger partial charge in [-0.3, -0.25) is 14.4 Å². The first-order valence-corrected chi connectivity index (χ1v) is 8.07. The second-order valence-corrected chi connectivity index (χ2v) is 5.61. The second kappa shape index (κ2) is 8.83. The molecule has 0 bridgehead atoms. The van der Waals surface area contributed by atoms with Crippen LogP contribution in [0, 0.1) is 18.3 Å². The van der Waals surface area contributed by atoms with Gasteiger partial charge in [-0.05, 0) is 31.0 Å². The molecule has 2 rings (SSSR count). The van der Waals surface area contributed by atoms with Gasteiger partial charge in [-0.1, -0.05) is 6.07 Å². The largest absolute Gasteiger partial charge is 0.497 e. The summed E-state index contributed by atoms with van der Waals surface area (Å²) in [6.45, 7) is 2.30. The predicted molar refractivity (Wildman–Crippen MR) is 98.6 cm³/mol. The normalized spacial score (nSPS) is 10.8. The van der Waals surface area contributed by atoms with Crippen molar-refractivity contribution in [3.8, 4) is 17.7 Å². The van der Waals surface area contributed by atoms with Gasteiger partial charge in [0.2, 0.25) is 5.88 Å². The Bertz CT molecular complexity index is 910. The molecule has 1 aromatic heterocycles. The van der Waals surface area contributed by atoms with Crippen molar-refractivity contribution in [2.24, 2.45) is 4.99 Å². The van der Waals surface area contributed by atoms with Crippen LogP contribution in [0.3, 0.4) is 0 Å². The van der Waals surface area contributed by atoms with Crippen molar-refractivity contribution in [3.63, 3.8) is 0 Å². The zero-order valence-corrected chi connectivity index (χ0v) is 15.0. The first kappa shape index (κ1) is 19.2. The molecule has 0 atom stereocenters. The summed E-state index contributed by atoms with van der Waals surface area (Å²) in [4.78, 5) is 16.8. The summed E-state index contributed by atoms with van der Waals surface area (Å²) < 4.78 is 11.3. The Kier molecular flexibility index (Phi) is 6.53. The molecular weight excluding hydrogens is 334 g/mol. The van der Waals surface area contributed by atoms with E-state index in [9.17, 15) is 15.2 Å². The fourth-order valence-electron chi connectivity index (χ4n) is 2.53. The van der Waals surface area contributed by atoms with Gasteiger partial charge >= 0.3 is 0 Å². The van der Waals surface area contributed by atoms with Gasteiger partial charge in [0.1, 0.15) is 17.4 Å². The molecule has 1 heterocycles. The molecular formula is C19H21N3O4. The molecule has 0 radical (unpaired) electrons. The summed E-state index contributed by atoms with van der Waals surface area (Å²) >= 11 is 0. The molecule has 2 aromatic rings. The predicted octanol–water partition coefficient (Wildman–Crippen LogP) is 2.53. The highest BCUT2D eigenvalue weighted by atomic mass is 16.5. The fourth-order valence-corrected chi connectivity index (χ4v) is 2.53. The highest BCUT2D eigenvalue weighted by Crippen LogP contribution is 2.23. The number of aliphatic imine (C=N–C) groups is 1. The molecule has 136 valence electrons. The van der Waals surface area contributed by atoms with Gasteiger partial charge in [0.25, 0.3) is 5.56 Å². The van der Waals surface area contributed by atoms with Gasteiger partial charge in [-0.25, -0.2) is 0 Å². The number of hydrogen-bond donors (Lipinski definition) is 1. The number of nitrogens with zero attached hydrogens (tertiary/aromatic N) is 3. The van der Waals surface area contributed by atoms with Crippen molar-refractivity contribution in [2.75, 3.05) is 20.8 Å². The van der Waals surface area contributed by atoms with E-state index >= 15 is 0 Å². The summed E-state index contributed by atoms with van der Waals surface area (Å²) in [6.07, 6.45) is 1.98. The van der Waals surface area contributed by atoms with Crippen LogP contribution in [0.25, 0.3) is 0 Å². The summed E-state index contributed by atoms with van der Waals surface area (Å²) in [7, 11) is 3.12. The number of pyridine rings is 1. The number of hydrogen-bond acceptors (Lipinski definition) is 6. The van der Waals surface area contributed by atoms with E-state index < -0.39 is 5.56 Å². The van der Waals surface area contributed by atoms with Gasteiger partial charge < -0.3 is 14.6 Å². The molecule has 0 fully saturated rings. The third kappa shape index (κ3) is 4.10. The maximum Gasteiger partial charge on any atom is 0.271 e. The number of benzene rings is 1. The lowest BCUT2D eigenvalue weighted by Crippen LogP contribution is -2.26. The molecule has 0 saturated carbocycles. The first-order chi connectivity index (χ1) is 12.5. The SMILES string of the molecule is COCCCn1c(O)c(C=Nc2cccc(OC)c2)c(C)c(C#N)c1=O. The van der Waals surface area contributed by atoms with Crippen LogP contribution in [0.5, 0.6) is 11.6 Å². The quantitative estimate of drug-likeness (QED) is 0.608. The number of aromatic nitrogens is 1. The standard InChI is InChI=1S/C19H21N3O4/c1-13-16(11-20)18(23)22(8-5-9-25-2)19(24)17(13)12-21-14-6-4-7-15(10-14)26-3/h4,6-7,10,12,24H,5,8-9H2,1-3H3. The molecule has 0 unspecified atom stereocenters. The maximum atomic E-state index is 12.4.